The van der Waals surface area contributed by atoms with Gasteiger partial charge in [0.15, 0.2) is 0 Å². The summed E-state index contributed by atoms with van der Waals surface area (Å²) in [7, 11) is 1.57. The first-order valence-corrected chi connectivity index (χ1v) is 8.01. The standard InChI is InChI=1S/C18H18N2O5/c1-24-12-2-3-13-14-8-20(16(21)11-4-5-19-7-11)9-18(14,17(22)23)10-25-15(13)6-12/h2-7,14,19H,8-10H2,1H3,(H,22,23). The molecule has 7 nitrogen and oxygen atoms in total. The summed E-state index contributed by atoms with van der Waals surface area (Å²) in [5.41, 5.74) is 0.196. The Balaban J connectivity index is 1.72. The number of aliphatic carboxylic acids is 1. The van der Waals surface area contributed by atoms with E-state index < -0.39 is 11.4 Å². The van der Waals surface area contributed by atoms with Gasteiger partial charge < -0.3 is 24.5 Å². The number of carbonyl (C=O) groups excluding carboxylic acids is 1. The number of rotatable bonds is 3. The fourth-order valence-corrected chi connectivity index (χ4v) is 3.79. The molecule has 2 aromatic rings. The third-order valence-corrected chi connectivity index (χ3v) is 5.18. The first kappa shape index (κ1) is 15.6. The lowest BCUT2D eigenvalue weighted by atomic mass is 9.73. The van der Waals surface area contributed by atoms with Crippen molar-refractivity contribution in [3.05, 3.63) is 47.8 Å². The van der Waals surface area contributed by atoms with Gasteiger partial charge in [0.05, 0.1) is 12.7 Å². The number of methoxy groups -OCH3 is 1. The number of amides is 1. The Hall–Kier alpha value is -2.96. The lowest BCUT2D eigenvalue weighted by molar-refractivity contribution is -0.151. The minimum Gasteiger partial charge on any atom is -0.497 e. The van der Waals surface area contributed by atoms with Crippen LogP contribution in [0.5, 0.6) is 11.5 Å². The molecule has 7 heteroatoms. The van der Waals surface area contributed by atoms with Gasteiger partial charge in [0, 0.05) is 43.0 Å². The number of carbonyl (C=O) groups is 2. The minimum absolute atomic E-state index is 0.0318. The Bertz CT molecular complexity index is 832. The minimum atomic E-state index is -1.13. The van der Waals surface area contributed by atoms with E-state index in [1.807, 2.05) is 6.07 Å². The summed E-state index contributed by atoms with van der Waals surface area (Å²) >= 11 is 0. The molecule has 0 saturated carbocycles. The van der Waals surface area contributed by atoms with Gasteiger partial charge in [0.25, 0.3) is 5.91 Å². The van der Waals surface area contributed by atoms with Crippen LogP contribution in [0.25, 0.3) is 0 Å². The van der Waals surface area contributed by atoms with Crippen LogP contribution < -0.4 is 9.47 Å². The maximum Gasteiger partial charge on any atom is 0.315 e. The molecule has 0 bridgehead atoms. The fraction of sp³-hybridized carbons (Fsp3) is 0.333. The van der Waals surface area contributed by atoms with Crippen LogP contribution in [-0.4, -0.2) is 53.7 Å². The van der Waals surface area contributed by atoms with Gasteiger partial charge in [-0.15, -0.1) is 0 Å². The van der Waals surface area contributed by atoms with E-state index in [0.717, 1.165) is 5.56 Å². The normalized spacial score (nSPS) is 24.2. The largest absolute Gasteiger partial charge is 0.497 e. The molecule has 2 aliphatic heterocycles. The predicted molar refractivity (Wildman–Crippen MR) is 88.0 cm³/mol. The number of H-pyrrole nitrogens is 1. The molecule has 1 saturated heterocycles. The predicted octanol–water partition coefficient (Wildman–Crippen LogP) is 1.73. The first-order valence-electron chi connectivity index (χ1n) is 8.01. The quantitative estimate of drug-likeness (QED) is 0.886. The van der Waals surface area contributed by atoms with Gasteiger partial charge in [0.1, 0.15) is 23.5 Å². The van der Waals surface area contributed by atoms with Crippen LogP contribution in [0.15, 0.2) is 36.7 Å². The summed E-state index contributed by atoms with van der Waals surface area (Å²) in [4.78, 5) is 29.2. The van der Waals surface area contributed by atoms with Crippen molar-refractivity contribution < 1.29 is 24.2 Å². The monoisotopic (exact) mass is 342 g/mol. The van der Waals surface area contributed by atoms with E-state index in [4.69, 9.17) is 9.47 Å². The Kier molecular flexibility index (Phi) is 3.45. The van der Waals surface area contributed by atoms with Crippen LogP contribution in [0, 0.1) is 5.41 Å². The lowest BCUT2D eigenvalue weighted by Crippen LogP contribution is -2.46. The number of carboxylic acids is 1. The van der Waals surface area contributed by atoms with Crippen molar-refractivity contribution >= 4 is 11.9 Å². The van der Waals surface area contributed by atoms with Gasteiger partial charge in [-0.1, -0.05) is 6.07 Å². The highest BCUT2D eigenvalue weighted by molar-refractivity contribution is 5.95. The topological polar surface area (TPSA) is 91.9 Å². The van der Waals surface area contributed by atoms with Crippen molar-refractivity contribution in [2.45, 2.75) is 5.92 Å². The molecule has 25 heavy (non-hydrogen) atoms. The molecule has 1 amide bonds. The number of aromatic nitrogens is 1. The van der Waals surface area contributed by atoms with Gasteiger partial charge in [-0.05, 0) is 12.1 Å². The van der Waals surface area contributed by atoms with Gasteiger partial charge in [0.2, 0.25) is 0 Å². The van der Waals surface area contributed by atoms with Crippen LogP contribution in [0.2, 0.25) is 0 Å². The Morgan fingerprint density at radius 2 is 2.24 bits per heavy atom. The van der Waals surface area contributed by atoms with Crippen LogP contribution in [0.3, 0.4) is 0 Å². The molecule has 0 aliphatic carbocycles. The van der Waals surface area contributed by atoms with Crippen LogP contribution in [0.1, 0.15) is 21.8 Å². The number of hydrogen-bond acceptors (Lipinski definition) is 4. The van der Waals surface area contributed by atoms with Gasteiger partial charge >= 0.3 is 5.97 Å². The average Bonchev–Trinajstić information content (AvgIpc) is 3.28. The Morgan fingerprint density at radius 1 is 1.40 bits per heavy atom. The third-order valence-electron chi connectivity index (χ3n) is 5.18. The SMILES string of the molecule is COc1ccc2c(c1)OCC1(C(=O)O)CN(C(=O)c3cc[nH]c3)CC21. The molecule has 0 radical (unpaired) electrons. The van der Waals surface area contributed by atoms with Crippen LogP contribution in [-0.2, 0) is 4.79 Å². The number of fused-ring (bicyclic) bond motifs is 3. The second-order valence-corrected chi connectivity index (χ2v) is 6.49. The van der Waals surface area contributed by atoms with E-state index in [9.17, 15) is 14.7 Å². The molecular weight excluding hydrogens is 324 g/mol. The van der Waals surface area contributed by atoms with E-state index >= 15 is 0 Å². The maximum atomic E-state index is 12.7. The molecule has 2 aliphatic rings. The zero-order valence-corrected chi connectivity index (χ0v) is 13.7. The third kappa shape index (κ3) is 2.26. The second-order valence-electron chi connectivity index (χ2n) is 6.49. The second kappa shape index (κ2) is 5.54. The number of nitrogens with zero attached hydrogens (tertiary/aromatic N) is 1. The Morgan fingerprint density at radius 3 is 2.92 bits per heavy atom. The number of hydrogen-bond donors (Lipinski definition) is 2. The number of ether oxygens (including phenoxy) is 2. The number of carboxylic acid groups (broad SMARTS) is 1. The van der Waals surface area contributed by atoms with Crippen molar-refractivity contribution in [2.75, 3.05) is 26.8 Å². The Labute approximate surface area is 144 Å². The summed E-state index contributed by atoms with van der Waals surface area (Å²) in [6, 6.07) is 7.07. The van der Waals surface area contributed by atoms with E-state index in [0.29, 0.717) is 23.6 Å². The molecule has 1 fully saturated rings. The van der Waals surface area contributed by atoms with Gasteiger partial charge in [-0.3, -0.25) is 9.59 Å². The number of aromatic amines is 1. The van der Waals surface area contributed by atoms with E-state index in [-0.39, 0.29) is 25.0 Å². The first-order chi connectivity index (χ1) is 12.0. The molecule has 3 heterocycles. The van der Waals surface area contributed by atoms with E-state index in [1.54, 1.807) is 42.6 Å². The van der Waals surface area contributed by atoms with Gasteiger partial charge in [-0.25, -0.2) is 0 Å². The zero-order chi connectivity index (χ0) is 17.6. The summed E-state index contributed by atoms with van der Waals surface area (Å²) in [6.45, 7) is 0.506. The van der Waals surface area contributed by atoms with Crippen molar-refractivity contribution in [3.8, 4) is 11.5 Å². The lowest BCUT2D eigenvalue weighted by Gasteiger charge is -2.35. The van der Waals surface area contributed by atoms with Crippen molar-refractivity contribution in [3.63, 3.8) is 0 Å². The highest BCUT2D eigenvalue weighted by atomic mass is 16.5. The fourth-order valence-electron chi connectivity index (χ4n) is 3.79. The van der Waals surface area contributed by atoms with Crippen molar-refractivity contribution in [1.29, 1.82) is 0 Å². The molecule has 2 atom stereocenters. The van der Waals surface area contributed by atoms with E-state index in [1.165, 1.54) is 0 Å². The summed E-state index contributed by atoms with van der Waals surface area (Å²) < 4.78 is 11.0. The highest BCUT2D eigenvalue weighted by Gasteiger charge is 2.57. The highest BCUT2D eigenvalue weighted by Crippen LogP contribution is 2.50. The van der Waals surface area contributed by atoms with Crippen molar-refractivity contribution in [2.24, 2.45) is 5.41 Å². The smallest absolute Gasteiger partial charge is 0.315 e. The molecule has 1 aromatic carbocycles. The van der Waals surface area contributed by atoms with Crippen molar-refractivity contribution in [1.82, 2.24) is 9.88 Å². The zero-order valence-electron chi connectivity index (χ0n) is 13.7. The average molecular weight is 342 g/mol. The molecule has 0 spiro atoms. The van der Waals surface area contributed by atoms with Gasteiger partial charge in [-0.2, -0.15) is 0 Å². The number of likely N-dealkylation sites (tertiary alicyclic amines) is 1. The molecular formula is C18H18N2O5. The van der Waals surface area contributed by atoms with E-state index in [2.05, 4.69) is 4.98 Å². The van der Waals surface area contributed by atoms with Crippen LogP contribution in [0.4, 0.5) is 0 Å². The molecule has 2 N–H and O–H groups in total. The maximum absolute atomic E-state index is 12.7. The molecule has 130 valence electrons. The number of nitrogens with one attached hydrogen (secondary N) is 1. The van der Waals surface area contributed by atoms with Crippen LogP contribution >= 0.6 is 0 Å². The molecule has 4 rings (SSSR count). The number of benzene rings is 1. The molecule has 2 unspecified atom stereocenters. The summed E-state index contributed by atoms with van der Waals surface area (Å²) in [6.07, 6.45) is 3.29. The molecule has 1 aromatic heterocycles. The summed E-state index contributed by atoms with van der Waals surface area (Å²) in [5, 5.41) is 9.91. The summed E-state index contributed by atoms with van der Waals surface area (Å²) in [5.74, 6) is -0.158.